The van der Waals surface area contributed by atoms with E-state index in [-0.39, 0.29) is 17.1 Å². The van der Waals surface area contributed by atoms with E-state index in [1.165, 1.54) is 6.42 Å². The third-order valence-electron chi connectivity index (χ3n) is 4.33. The third kappa shape index (κ3) is 3.67. The Morgan fingerprint density at radius 3 is 2.62 bits per heavy atom. The molecule has 1 atom stereocenters. The van der Waals surface area contributed by atoms with Crippen molar-refractivity contribution in [3.05, 3.63) is 17.5 Å². The van der Waals surface area contributed by atoms with Crippen molar-refractivity contribution >= 4 is 29.0 Å². The number of thiophene rings is 1. The van der Waals surface area contributed by atoms with Crippen LogP contribution in [0.2, 0.25) is 0 Å². The maximum Gasteiger partial charge on any atom is 0.236 e. The first-order valence-corrected chi connectivity index (χ1v) is 10.2. The van der Waals surface area contributed by atoms with E-state index in [2.05, 4.69) is 24.0 Å². The molecule has 0 spiro atoms. The lowest BCUT2D eigenvalue weighted by atomic mass is 10.1. The van der Waals surface area contributed by atoms with E-state index in [0.717, 1.165) is 41.8 Å². The van der Waals surface area contributed by atoms with Crippen LogP contribution in [-0.4, -0.2) is 43.9 Å². The topological polar surface area (TPSA) is 51.0 Å². The summed E-state index contributed by atoms with van der Waals surface area (Å²) < 4.78 is 2.00. The molecule has 7 heteroatoms. The van der Waals surface area contributed by atoms with E-state index in [4.69, 9.17) is 0 Å². The Labute approximate surface area is 151 Å². The third-order valence-corrected chi connectivity index (χ3v) is 6.76. The van der Waals surface area contributed by atoms with Crippen LogP contribution >= 0.6 is 23.1 Å². The van der Waals surface area contributed by atoms with Crippen molar-refractivity contribution in [2.75, 3.05) is 13.1 Å². The highest BCUT2D eigenvalue weighted by molar-refractivity contribution is 8.00. The average Bonchev–Trinajstić information content (AvgIpc) is 3.22. The number of hydrogen-bond donors (Lipinski definition) is 0. The Hall–Kier alpha value is -1.34. The number of thioether (sulfide) groups is 1. The highest BCUT2D eigenvalue weighted by Crippen LogP contribution is 2.32. The summed E-state index contributed by atoms with van der Waals surface area (Å²) in [5, 5.41) is 11.4. The summed E-state index contributed by atoms with van der Waals surface area (Å²) in [5.74, 6) is 1.36. The molecular formula is C17H24N4OS2. The summed E-state index contributed by atoms with van der Waals surface area (Å²) in [5.41, 5.74) is 0. The van der Waals surface area contributed by atoms with E-state index >= 15 is 0 Å². The van der Waals surface area contributed by atoms with Gasteiger partial charge in [0.2, 0.25) is 5.91 Å². The smallest absolute Gasteiger partial charge is 0.236 e. The molecule has 2 aromatic heterocycles. The van der Waals surface area contributed by atoms with E-state index in [1.54, 1.807) is 23.1 Å². The summed E-state index contributed by atoms with van der Waals surface area (Å²) in [7, 11) is 1.97. The van der Waals surface area contributed by atoms with Crippen molar-refractivity contribution in [1.82, 2.24) is 19.7 Å². The van der Waals surface area contributed by atoms with E-state index in [1.807, 2.05) is 34.0 Å². The SMILES string of the molecule is CC(C)[C@@H](Sc1nnc(-c2cccs2)n1C)C(=O)N1CCCCC1. The van der Waals surface area contributed by atoms with Gasteiger partial charge in [-0.25, -0.2) is 0 Å². The lowest BCUT2D eigenvalue weighted by molar-refractivity contribution is -0.132. The minimum absolute atomic E-state index is 0.109. The van der Waals surface area contributed by atoms with Crippen molar-refractivity contribution in [3.8, 4) is 10.7 Å². The van der Waals surface area contributed by atoms with Crippen molar-refractivity contribution in [2.24, 2.45) is 13.0 Å². The van der Waals surface area contributed by atoms with Gasteiger partial charge >= 0.3 is 0 Å². The number of amides is 1. The summed E-state index contributed by atoms with van der Waals surface area (Å²) >= 11 is 3.20. The van der Waals surface area contributed by atoms with E-state index in [0.29, 0.717) is 0 Å². The zero-order valence-electron chi connectivity index (χ0n) is 14.4. The number of aromatic nitrogens is 3. The van der Waals surface area contributed by atoms with Crippen molar-refractivity contribution in [1.29, 1.82) is 0 Å². The van der Waals surface area contributed by atoms with Gasteiger partial charge in [0.05, 0.1) is 10.1 Å². The molecule has 3 rings (SSSR count). The van der Waals surface area contributed by atoms with Gasteiger partial charge in [-0.05, 0) is 36.6 Å². The second-order valence-corrected chi connectivity index (χ2v) is 8.57. The summed E-state index contributed by atoms with van der Waals surface area (Å²) in [6, 6.07) is 4.06. The molecule has 0 saturated carbocycles. The zero-order chi connectivity index (χ0) is 17.1. The van der Waals surface area contributed by atoms with Gasteiger partial charge in [0, 0.05) is 20.1 Å². The highest BCUT2D eigenvalue weighted by atomic mass is 32.2. The first-order chi connectivity index (χ1) is 11.6. The molecule has 24 heavy (non-hydrogen) atoms. The van der Waals surface area contributed by atoms with Crippen molar-refractivity contribution in [2.45, 2.75) is 43.5 Å². The predicted octanol–water partition coefficient (Wildman–Crippen LogP) is 3.67. The number of rotatable bonds is 5. The normalized spacial score (nSPS) is 16.6. The fourth-order valence-electron chi connectivity index (χ4n) is 2.92. The molecule has 5 nitrogen and oxygen atoms in total. The molecule has 1 fully saturated rings. The predicted molar refractivity (Wildman–Crippen MR) is 99.2 cm³/mol. The minimum Gasteiger partial charge on any atom is -0.342 e. The average molecular weight is 365 g/mol. The monoisotopic (exact) mass is 364 g/mol. The van der Waals surface area contributed by atoms with Gasteiger partial charge < -0.3 is 9.47 Å². The Bertz CT molecular complexity index is 675. The van der Waals surface area contributed by atoms with Gasteiger partial charge in [0.1, 0.15) is 0 Å². The maximum absolute atomic E-state index is 12.9. The van der Waals surface area contributed by atoms with Crippen molar-refractivity contribution in [3.63, 3.8) is 0 Å². The fraction of sp³-hybridized carbons (Fsp3) is 0.588. The largest absolute Gasteiger partial charge is 0.342 e. The molecule has 0 radical (unpaired) electrons. The maximum atomic E-state index is 12.9. The van der Waals surface area contributed by atoms with Crippen LogP contribution in [0.15, 0.2) is 22.7 Å². The lowest BCUT2D eigenvalue weighted by Crippen LogP contribution is -2.42. The molecule has 0 unspecified atom stereocenters. The van der Waals surface area contributed by atoms with Crippen LogP contribution in [-0.2, 0) is 11.8 Å². The van der Waals surface area contributed by atoms with Crippen LogP contribution < -0.4 is 0 Å². The quantitative estimate of drug-likeness (QED) is 0.760. The molecule has 1 aliphatic rings. The number of nitrogens with zero attached hydrogens (tertiary/aromatic N) is 4. The van der Waals surface area contributed by atoms with Crippen LogP contribution in [0.25, 0.3) is 10.7 Å². The first-order valence-electron chi connectivity index (χ1n) is 8.46. The number of hydrogen-bond acceptors (Lipinski definition) is 5. The summed E-state index contributed by atoms with van der Waals surface area (Å²) in [6.07, 6.45) is 3.47. The number of carbonyl (C=O) groups is 1. The number of piperidine rings is 1. The Balaban J connectivity index is 1.77. The van der Waals surface area contributed by atoms with Gasteiger partial charge in [-0.1, -0.05) is 31.7 Å². The Morgan fingerprint density at radius 2 is 2.00 bits per heavy atom. The summed E-state index contributed by atoms with van der Waals surface area (Å²) in [6.45, 7) is 6.00. The summed E-state index contributed by atoms with van der Waals surface area (Å²) in [4.78, 5) is 16.1. The molecule has 1 aliphatic heterocycles. The van der Waals surface area contributed by atoms with Gasteiger partial charge in [-0.15, -0.1) is 21.5 Å². The highest BCUT2D eigenvalue weighted by Gasteiger charge is 2.30. The number of likely N-dealkylation sites (tertiary alicyclic amines) is 1. The number of carbonyl (C=O) groups excluding carboxylic acids is 1. The molecule has 0 bridgehead atoms. The van der Waals surface area contributed by atoms with E-state index < -0.39 is 0 Å². The standard InChI is InChI=1S/C17H24N4OS2/c1-12(2)14(16(22)21-9-5-4-6-10-21)24-17-19-18-15(20(17)3)13-8-7-11-23-13/h7-8,11-12,14H,4-6,9-10H2,1-3H3/t14-/m1/s1. The molecule has 130 valence electrons. The van der Waals surface area contributed by atoms with Crippen molar-refractivity contribution < 1.29 is 4.79 Å². The lowest BCUT2D eigenvalue weighted by Gasteiger charge is -2.31. The van der Waals surface area contributed by atoms with Crippen LogP contribution in [0.3, 0.4) is 0 Å². The molecule has 0 aliphatic carbocycles. The van der Waals surface area contributed by atoms with Crippen LogP contribution in [0.5, 0.6) is 0 Å². The molecule has 1 amide bonds. The van der Waals surface area contributed by atoms with Crippen LogP contribution in [0.4, 0.5) is 0 Å². The second-order valence-electron chi connectivity index (χ2n) is 6.51. The van der Waals surface area contributed by atoms with E-state index in [9.17, 15) is 4.79 Å². The van der Waals surface area contributed by atoms with Gasteiger partial charge in [-0.3, -0.25) is 4.79 Å². The Morgan fingerprint density at radius 1 is 1.25 bits per heavy atom. The second kappa shape index (κ2) is 7.70. The molecule has 0 aromatic carbocycles. The molecule has 3 heterocycles. The van der Waals surface area contributed by atoms with Gasteiger partial charge in [0.15, 0.2) is 11.0 Å². The zero-order valence-corrected chi connectivity index (χ0v) is 16.1. The van der Waals surface area contributed by atoms with Crippen LogP contribution in [0, 0.1) is 5.92 Å². The molecule has 2 aromatic rings. The Kier molecular flexibility index (Phi) is 5.61. The first kappa shape index (κ1) is 17.5. The van der Waals surface area contributed by atoms with Gasteiger partial charge in [-0.2, -0.15) is 0 Å². The molecule has 1 saturated heterocycles. The molecule has 0 N–H and O–H groups in total. The molecular weight excluding hydrogens is 340 g/mol. The minimum atomic E-state index is -0.109. The fourth-order valence-corrected chi connectivity index (χ4v) is 4.74. The van der Waals surface area contributed by atoms with Crippen LogP contribution in [0.1, 0.15) is 33.1 Å². The van der Waals surface area contributed by atoms with Gasteiger partial charge in [0.25, 0.3) is 0 Å².